The largest absolute Gasteiger partial charge is 0.856 e. The van der Waals surface area contributed by atoms with Crippen LogP contribution in [-0.4, -0.2) is 41.8 Å². The van der Waals surface area contributed by atoms with E-state index < -0.39 is 11.5 Å². The van der Waals surface area contributed by atoms with E-state index in [0.717, 1.165) is 0 Å². The molecule has 58 valence electrons. The molecule has 0 spiro atoms. The van der Waals surface area contributed by atoms with Crippen LogP contribution in [0.4, 0.5) is 0 Å². The van der Waals surface area contributed by atoms with Crippen LogP contribution in [0.1, 0.15) is 6.92 Å². The molecule has 0 amide bonds. The number of nitrogens with zero attached hydrogens (tertiary/aromatic N) is 2. The molecule has 1 aliphatic rings. The second-order valence-corrected chi connectivity index (χ2v) is 3.46. The molecule has 1 rings (SSSR count). The van der Waals surface area contributed by atoms with E-state index in [1.54, 1.807) is 14.1 Å². The van der Waals surface area contributed by atoms with Crippen molar-refractivity contribution in [2.24, 2.45) is 5.10 Å². The predicted octanol–water partition coefficient (Wildman–Crippen LogP) is -1.50. The minimum absolute atomic E-state index is 0.228. The van der Waals surface area contributed by atoms with Crippen molar-refractivity contribution in [3.05, 3.63) is 0 Å². The molecule has 0 aromatic heterocycles. The third kappa shape index (κ3) is 1.12. The zero-order chi connectivity index (χ0) is 7.99. The SMILES string of the molecule is CC1(O)C[N+](C)(C)N=C1[O-]. The molecule has 10 heavy (non-hydrogen) atoms. The van der Waals surface area contributed by atoms with Crippen LogP contribution in [0.25, 0.3) is 0 Å². The number of rotatable bonds is 0. The first-order valence-electron chi connectivity index (χ1n) is 3.17. The smallest absolute Gasteiger partial charge is 0.146 e. The van der Waals surface area contributed by atoms with Crippen molar-refractivity contribution in [1.82, 2.24) is 0 Å². The van der Waals surface area contributed by atoms with Crippen molar-refractivity contribution >= 4 is 5.90 Å². The van der Waals surface area contributed by atoms with Crippen LogP contribution in [0, 0.1) is 0 Å². The summed E-state index contributed by atoms with van der Waals surface area (Å²) in [5, 5.41) is 23.9. The maximum absolute atomic E-state index is 10.9. The average Bonchev–Trinajstić information content (AvgIpc) is 1.73. The normalized spacial score (nSPS) is 37.8. The highest BCUT2D eigenvalue weighted by molar-refractivity contribution is 5.81. The van der Waals surface area contributed by atoms with Crippen molar-refractivity contribution < 1.29 is 14.8 Å². The number of likely N-dealkylation sites (N-methyl/N-ethyl adjacent to an activating group) is 1. The first-order valence-corrected chi connectivity index (χ1v) is 3.17. The van der Waals surface area contributed by atoms with Crippen molar-refractivity contribution in [1.29, 1.82) is 0 Å². The summed E-state index contributed by atoms with van der Waals surface area (Å²) in [5.41, 5.74) is -1.25. The standard InChI is InChI=1S/C6H12N2O2/c1-6(10)4-8(2,3)7-5(6)9/h10H,4H2,1-3H3. The molecule has 0 saturated heterocycles. The lowest BCUT2D eigenvalue weighted by molar-refractivity contribution is -0.895. The van der Waals surface area contributed by atoms with E-state index in [0.29, 0.717) is 6.54 Å². The third-order valence-electron chi connectivity index (χ3n) is 1.52. The Hall–Kier alpha value is -0.610. The topological polar surface area (TPSA) is 55.7 Å². The van der Waals surface area contributed by atoms with Gasteiger partial charge in [0.05, 0.1) is 20.0 Å². The Morgan fingerprint density at radius 2 is 2.20 bits per heavy atom. The van der Waals surface area contributed by atoms with Gasteiger partial charge in [0, 0.05) is 0 Å². The van der Waals surface area contributed by atoms with Gasteiger partial charge < -0.3 is 10.2 Å². The molecular weight excluding hydrogens is 132 g/mol. The summed E-state index contributed by atoms with van der Waals surface area (Å²) in [6, 6.07) is 0. The van der Waals surface area contributed by atoms with Gasteiger partial charge in [-0.25, -0.2) is 4.59 Å². The summed E-state index contributed by atoms with van der Waals surface area (Å²) in [6.45, 7) is 1.86. The van der Waals surface area contributed by atoms with Crippen molar-refractivity contribution in [2.45, 2.75) is 12.5 Å². The minimum Gasteiger partial charge on any atom is -0.856 e. The second-order valence-electron chi connectivity index (χ2n) is 3.46. The van der Waals surface area contributed by atoms with Crippen molar-refractivity contribution in [2.75, 3.05) is 20.6 Å². The molecule has 0 aromatic carbocycles. The van der Waals surface area contributed by atoms with Gasteiger partial charge in [-0.15, -0.1) is 5.10 Å². The maximum Gasteiger partial charge on any atom is 0.146 e. The fourth-order valence-corrected chi connectivity index (χ4v) is 1.21. The first kappa shape index (κ1) is 7.50. The maximum atomic E-state index is 10.9. The number of hydrogen-bond acceptors (Lipinski definition) is 3. The summed E-state index contributed by atoms with van der Waals surface area (Å²) in [7, 11) is 3.55. The molecule has 1 heterocycles. The van der Waals surface area contributed by atoms with Crippen molar-refractivity contribution in [3.8, 4) is 0 Å². The average molecular weight is 144 g/mol. The molecule has 0 bridgehead atoms. The third-order valence-corrected chi connectivity index (χ3v) is 1.52. The van der Waals surface area contributed by atoms with Crippen LogP contribution in [0.2, 0.25) is 0 Å². The Kier molecular flexibility index (Phi) is 1.28. The van der Waals surface area contributed by atoms with E-state index in [1.165, 1.54) is 6.92 Å². The molecular formula is C6H12N2O2. The second kappa shape index (κ2) is 1.71. The van der Waals surface area contributed by atoms with Gasteiger partial charge in [-0.2, -0.15) is 0 Å². The quantitative estimate of drug-likeness (QED) is 0.421. The van der Waals surface area contributed by atoms with Crippen LogP contribution in [0.3, 0.4) is 0 Å². The Morgan fingerprint density at radius 1 is 1.70 bits per heavy atom. The molecule has 4 nitrogen and oxygen atoms in total. The lowest BCUT2D eigenvalue weighted by atomic mass is 10.1. The van der Waals surface area contributed by atoms with Crippen LogP contribution in [0.15, 0.2) is 5.10 Å². The van der Waals surface area contributed by atoms with Crippen LogP contribution < -0.4 is 5.11 Å². The monoisotopic (exact) mass is 144 g/mol. The minimum atomic E-state index is -1.25. The van der Waals surface area contributed by atoms with Crippen LogP contribution in [-0.2, 0) is 0 Å². The zero-order valence-electron chi connectivity index (χ0n) is 6.46. The number of aliphatic hydroxyl groups is 1. The lowest BCUT2D eigenvalue weighted by Crippen LogP contribution is -2.46. The molecule has 1 atom stereocenters. The van der Waals surface area contributed by atoms with E-state index in [9.17, 15) is 10.2 Å². The van der Waals surface area contributed by atoms with Gasteiger partial charge in [0.25, 0.3) is 0 Å². The fourth-order valence-electron chi connectivity index (χ4n) is 1.21. The Balaban J connectivity index is 2.89. The van der Waals surface area contributed by atoms with Crippen LogP contribution >= 0.6 is 0 Å². The van der Waals surface area contributed by atoms with E-state index in [-0.39, 0.29) is 4.59 Å². The lowest BCUT2D eigenvalue weighted by Gasteiger charge is -2.22. The molecule has 0 fully saturated rings. The summed E-state index contributed by atoms with van der Waals surface area (Å²) in [6.07, 6.45) is 0. The van der Waals surface area contributed by atoms with Crippen molar-refractivity contribution in [3.63, 3.8) is 0 Å². The zero-order valence-corrected chi connectivity index (χ0v) is 6.46. The molecule has 0 aliphatic carbocycles. The van der Waals surface area contributed by atoms with E-state index in [2.05, 4.69) is 5.10 Å². The van der Waals surface area contributed by atoms with Gasteiger partial charge in [-0.05, 0) is 6.92 Å². The first-order chi connectivity index (χ1) is 4.33. The molecule has 1 N–H and O–H groups in total. The van der Waals surface area contributed by atoms with Crippen LogP contribution in [0.5, 0.6) is 0 Å². The Morgan fingerprint density at radius 3 is 2.30 bits per heavy atom. The summed E-state index contributed by atoms with van der Waals surface area (Å²) in [5.74, 6) is -0.419. The van der Waals surface area contributed by atoms with Gasteiger partial charge in [0.15, 0.2) is 0 Å². The number of quaternary nitrogens is 1. The van der Waals surface area contributed by atoms with E-state index in [1.807, 2.05) is 0 Å². The summed E-state index contributed by atoms with van der Waals surface area (Å²) >= 11 is 0. The molecule has 1 aliphatic heterocycles. The summed E-state index contributed by atoms with van der Waals surface area (Å²) < 4.78 is 0.228. The summed E-state index contributed by atoms with van der Waals surface area (Å²) in [4.78, 5) is 0. The highest BCUT2D eigenvalue weighted by Crippen LogP contribution is 2.18. The van der Waals surface area contributed by atoms with Gasteiger partial charge in [0.1, 0.15) is 12.1 Å². The van der Waals surface area contributed by atoms with Gasteiger partial charge in [-0.3, -0.25) is 0 Å². The molecule has 0 radical (unpaired) electrons. The predicted molar refractivity (Wildman–Crippen MR) is 35.0 cm³/mol. The molecule has 1 unspecified atom stereocenters. The molecule has 0 saturated carbocycles. The molecule has 0 aromatic rings. The Bertz CT molecular complexity index is 184. The fraction of sp³-hybridized carbons (Fsp3) is 0.833. The van der Waals surface area contributed by atoms with Gasteiger partial charge in [0.2, 0.25) is 0 Å². The van der Waals surface area contributed by atoms with E-state index >= 15 is 0 Å². The highest BCUT2D eigenvalue weighted by atomic mass is 16.3. The van der Waals surface area contributed by atoms with Gasteiger partial charge >= 0.3 is 0 Å². The van der Waals surface area contributed by atoms with Gasteiger partial charge in [-0.1, -0.05) is 0 Å². The highest BCUT2D eigenvalue weighted by Gasteiger charge is 2.38. The van der Waals surface area contributed by atoms with E-state index in [4.69, 9.17) is 0 Å². The molecule has 4 heteroatoms. The Labute approximate surface area is 60.0 Å². The number of hydrogen-bond donors (Lipinski definition) is 1.